The zero-order chi connectivity index (χ0) is 35.6. The number of ether oxygens (including phenoxy) is 5. The second-order valence-corrected chi connectivity index (χ2v) is 14.0. The maximum absolute atomic E-state index is 12.6. The molecule has 0 aliphatic rings. The molecule has 0 saturated heterocycles. The van der Waals surface area contributed by atoms with Crippen molar-refractivity contribution in [3.8, 4) is 5.75 Å². The number of carbonyl (C=O) groups excluding carboxylic acids is 2. The highest BCUT2D eigenvalue weighted by molar-refractivity contribution is 7.91. The van der Waals surface area contributed by atoms with E-state index in [-0.39, 0.29) is 30.3 Å². The van der Waals surface area contributed by atoms with Crippen LogP contribution in [0.25, 0.3) is 0 Å². The Balaban J connectivity index is 1.47. The summed E-state index contributed by atoms with van der Waals surface area (Å²) < 4.78 is 53.0. The number of rotatable bonds is 21. The fourth-order valence-corrected chi connectivity index (χ4v) is 5.84. The molecule has 266 valence electrons. The quantitative estimate of drug-likeness (QED) is 0.106. The minimum atomic E-state index is -3.59. The number of hydrogen-bond acceptors (Lipinski definition) is 10. The largest absolute Gasteiger partial charge is 0.497 e. The molecule has 0 amide bonds. The van der Waals surface area contributed by atoms with Gasteiger partial charge in [0, 0.05) is 12.5 Å². The molecule has 0 spiro atoms. The van der Waals surface area contributed by atoms with Gasteiger partial charge in [0.05, 0.1) is 55.4 Å². The third kappa shape index (κ3) is 15.0. The van der Waals surface area contributed by atoms with Crippen LogP contribution in [0.15, 0.2) is 95.9 Å². The molecule has 0 unspecified atom stereocenters. The third-order valence-corrected chi connectivity index (χ3v) is 9.41. The van der Waals surface area contributed by atoms with Crippen LogP contribution >= 0.6 is 0 Å². The van der Waals surface area contributed by atoms with Crippen molar-refractivity contribution in [1.82, 2.24) is 0 Å². The van der Waals surface area contributed by atoms with Crippen LogP contribution in [0.1, 0.15) is 56.2 Å². The summed E-state index contributed by atoms with van der Waals surface area (Å²) in [4.78, 5) is 25.3. The van der Waals surface area contributed by atoms with Crippen LogP contribution in [0.4, 0.5) is 0 Å². The number of esters is 2. The van der Waals surface area contributed by atoms with Crippen LogP contribution < -0.4 is 4.74 Å². The van der Waals surface area contributed by atoms with Crippen LogP contribution in [0.2, 0.25) is 0 Å². The van der Waals surface area contributed by atoms with Crippen LogP contribution in [0.5, 0.6) is 5.75 Å². The molecule has 0 saturated carbocycles. The SMILES string of the molecule is COc1ccc(CO[C@H](CCC(=O)O[C@H](C)CC[C@@H](/C=C/C(=O)OCCS(=O)(=O)c2ccc(C)cc2)OCc2ccccc2)[C@@H](C)O)cc1. The molecule has 11 heteroatoms. The average molecular weight is 697 g/mol. The smallest absolute Gasteiger partial charge is 0.330 e. The summed E-state index contributed by atoms with van der Waals surface area (Å²) >= 11 is 0. The number of sulfone groups is 1. The van der Waals surface area contributed by atoms with Crippen LogP contribution in [-0.2, 0) is 51.6 Å². The Morgan fingerprint density at radius 3 is 2.14 bits per heavy atom. The van der Waals surface area contributed by atoms with E-state index in [2.05, 4.69) is 0 Å². The molecule has 0 radical (unpaired) electrons. The maximum Gasteiger partial charge on any atom is 0.330 e. The molecule has 3 aromatic rings. The Hall–Kier alpha value is -4.03. The lowest BCUT2D eigenvalue weighted by Crippen LogP contribution is -2.28. The van der Waals surface area contributed by atoms with E-state index in [1.165, 1.54) is 18.2 Å². The summed E-state index contributed by atoms with van der Waals surface area (Å²) in [6.45, 7) is 5.56. The zero-order valence-electron chi connectivity index (χ0n) is 28.7. The van der Waals surface area contributed by atoms with Gasteiger partial charge < -0.3 is 28.8 Å². The molecule has 0 aromatic heterocycles. The predicted molar refractivity (Wildman–Crippen MR) is 186 cm³/mol. The normalized spacial score (nSPS) is 14.1. The summed E-state index contributed by atoms with van der Waals surface area (Å²) in [5, 5.41) is 10.2. The Bertz CT molecular complexity index is 1550. The van der Waals surface area contributed by atoms with E-state index >= 15 is 0 Å². The second-order valence-electron chi connectivity index (χ2n) is 11.8. The van der Waals surface area contributed by atoms with E-state index in [1.54, 1.807) is 39.2 Å². The van der Waals surface area contributed by atoms with Crippen molar-refractivity contribution in [2.45, 2.75) is 89.0 Å². The molecule has 1 N–H and O–H groups in total. The van der Waals surface area contributed by atoms with Gasteiger partial charge in [-0.2, -0.15) is 0 Å². The standard InChI is InChI=1S/C38H48O10S/c1-28-10-19-35(20-11-28)49(42,43)25-24-45-37(40)22-18-34(46-26-31-8-6-5-7-9-31)15-12-29(2)48-38(41)23-21-36(30(3)39)47-27-32-13-16-33(44-4)17-14-32/h5-11,13-14,16-20,22,29-30,34,36,39H,12,15,21,23-27H2,1-4H3/b22-18+/t29-,30-,34+,36-/m1/s1. The van der Waals surface area contributed by atoms with Crippen molar-refractivity contribution in [2.75, 3.05) is 19.5 Å². The Morgan fingerprint density at radius 2 is 1.49 bits per heavy atom. The van der Waals surface area contributed by atoms with Gasteiger partial charge in [-0.15, -0.1) is 0 Å². The van der Waals surface area contributed by atoms with Crippen molar-refractivity contribution in [1.29, 1.82) is 0 Å². The van der Waals surface area contributed by atoms with Crippen molar-refractivity contribution in [3.63, 3.8) is 0 Å². The fourth-order valence-electron chi connectivity index (χ4n) is 4.75. The predicted octanol–water partition coefficient (Wildman–Crippen LogP) is 5.92. The molecule has 10 nitrogen and oxygen atoms in total. The zero-order valence-corrected chi connectivity index (χ0v) is 29.5. The minimum Gasteiger partial charge on any atom is -0.497 e. The highest BCUT2D eigenvalue weighted by Gasteiger charge is 2.20. The molecular formula is C38H48O10S. The molecule has 0 fully saturated rings. The van der Waals surface area contributed by atoms with Gasteiger partial charge in [0.2, 0.25) is 0 Å². The first kappa shape index (κ1) is 39.4. The molecular weight excluding hydrogens is 648 g/mol. The first-order valence-corrected chi connectivity index (χ1v) is 18.0. The number of aryl methyl sites for hydroxylation is 1. The van der Waals surface area contributed by atoms with Gasteiger partial charge in [-0.1, -0.05) is 60.2 Å². The Labute approximate surface area is 289 Å². The second kappa shape index (κ2) is 20.5. The van der Waals surface area contributed by atoms with Crippen molar-refractivity contribution in [2.24, 2.45) is 0 Å². The molecule has 0 aliphatic carbocycles. The molecule has 49 heavy (non-hydrogen) atoms. The number of aliphatic hydroxyl groups is 1. The summed E-state index contributed by atoms with van der Waals surface area (Å²) in [5.41, 5.74) is 2.81. The highest BCUT2D eigenvalue weighted by Crippen LogP contribution is 2.18. The Kier molecular flexibility index (Phi) is 16.5. The maximum atomic E-state index is 12.6. The Morgan fingerprint density at radius 1 is 0.837 bits per heavy atom. The van der Waals surface area contributed by atoms with E-state index in [9.17, 15) is 23.1 Å². The lowest BCUT2D eigenvalue weighted by Gasteiger charge is -2.21. The summed E-state index contributed by atoms with van der Waals surface area (Å²) in [5.74, 6) is -0.694. The fraction of sp³-hybridized carbons (Fsp3) is 0.421. The molecule has 0 aliphatic heterocycles. The lowest BCUT2D eigenvalue weighted by molar-refractivity contribution is -0.150. The molecule has 0 bridgehead atoms. The van der Waals surface area contributed by atoms with Gasteiger partial charge in [0.1, 0.15) is 12.4 Å². The molecule has 0 heterocycles. The first-order valence-electron chi connectivity index (χ1n) is 16.4. The first-order chi connectivity index (χ1) is 23.4. The third-order valence-electron chi connectivity index (χ3n) is 7.71. The van der Waals surface area contributed by atoms with Crippen molar-refractivity contribution >= 4 is 21.8 Å². The van der Waals surface area contributed by atoms with E-state index in [1.807, 2.05) is 61.5 Å². The number of carbonyl (C=O) groups is 2. The van der Waals surface area contributed by atoms with Gasteiger partial charge in [0.25, 0.3) is 0 Å². The number of methoxy groups -OCH3 is 1. The lowest BCUT2D eigenvalue weighted by atomic mass is 10.1. The van der Waals surface area contributed by atoms with Gasteiger partial charge in [0.15, 0.2) is 9.84 Å². The topological polar surface area (TPSA) is 135 Å². The summed E-state index contributed by atoms with van der Waals surface area (Å²) in [7, 11) is -2.00. The van der Waals surface area contributed by atoms with Gasteiger partial charge >= 0.3 is 11.9 Å². The molecule has 3 aromatic carbocycles. The van der Waals surface area contributed by atoms with Crippen LogP contribution in [0.3, 0.4) is 0 Å². The van der Waals surface area contributed by atoms with Crippen molar-refractivity contribution < 1.29 is 46.8 Å². The average Bonchev–Trinajstić information content (AvgIpc) is 3.08. The number of aliphatic hydroxyl groups excluding tert-OH is 1. The highest BCUT2D eigenvalue weighted by atomic mass is 32.2. The summed E-state index contributed by atoms with van der Waals surface area (Å²) in [6, 6.07) is 23.5. The number of hydrogen-bond donors (Lipinski definition) is 1. The van der Waals surface area contributed by atoms with E-state index < -0.39 is 46.2 Å². The van der Waals surface area contributed by atoms with Crippen LogP contribution in [0, 0.1) is 6.92 Å². The van der Waals surface area contributed by atoms with Gasteiger partial charge in [-0.3, -0.25) is 4.79 Å². The van der Waals surface area contributed by atoms with E-state index in [0.717, 1.165) is 22.4 Å². The summed E-state index contributed by atoms with van der Waals surface area (Å²) in [6.07, 6.45) is 1.79. The van der Waals surface area contributed by atoms with Gasteiger partial charge in [-0.25, -0.2) is 13.2 Å². The van der Waals surface area contributed by atoms with E-state index in [4.69, 9.17) is 23.7 Å². The van der Waals surface area contributed by atoms with Crippen molar-refractivity contribution in [3.05, 3.63) is 108 Å². The molecule has 3 rings (SSSR count). The number of benzene rings is 3. The van der Waals surface area contributed by atoms with Crippen LogP contribution in [-0.4, -0.2) is 69.3 Å². The molecule has 4 atom stereocenters. The van der Waals surface area contributed by atoms with Gasteiger partial charge in [-0.05, 0) is 81.5 Å². The minimum absolute atomic E-state index is 0.0713. The monoisotopic (exact) mass is 696 g/mol. The van der Waals surface area contributed by atoms with E-state index in [0.29, 0.717) is 25.9 Å².